The van der Waals surface area contributed by atoms with Crippen LogP contribution in [0.15, 0.2) is 36.4 Å². The molecule has 0 spiro atoms. The van der Waals surface area contributed by atoms with Gasteiger partial charge in [-0.05, 0) is 25.2 Å². The monoisotopic (exact) mass is 282 g/mol. The first-order valence-corrected chi connectivity index (χ1v) is 7.77. The normalized spacial score (nSPS) is 14.0. The smallest absolute Gasteiger partial charge is 0.163 e. The van der Waals surface area contributed by atoms with E-state index in [1.54, 1.807) is 0 Å². The van der Waals surface area contributed by atoms with Crippen molar-refractivity contribution in [3.63, 3.8) is 0 Å². The molecule has 21 heavy (non-hydrogen) atoms. The Kier molecular flexibility index (Phi) is 4.34. The van der Waals surface area contributed by atoms with Gasteiger partial charge in [0.05, 0.1) is 0 Å². The second-order valence-corrected chi connectivity index (χ2v) is 5.58. The van der Waals surface area contributed by atoms with E-state index in [4.69, 9.17) is 0 Å². The molecule has 0 radical (unpaired) electrons. The molecule has 0 unspecified atom stereocenters. The first-order valence-electron chi connectivity index (χ1n) is 7.77. The Bertz CT molecular complexity index is 579. The number of rotatable bonds is 7. The van der Waals surface area contributed by atoms with Gasteiger partial charge in [0, 0.05) is 24.7 Å². The highest BCUT2D eigenvalue weighted by molar-refractivity contribution is 5.61. The zero-order valence-corrected chi connectivity index (χ0v) is 12.5. The van der Waals surface area contributed by atoms with Crippen LogP contribution in [0, 0.1) is 5.92 Å². The van der Waals surface area contributed by atoms with Crippen LogP contribution in [0.1, 0.15) is 26.2 Å². The molecule has 0 amide bonds. The van der Waals surface area contributed by atoms with Crippen LogP contribution >= 0.6 is 0 Å². The lowest BCUT2D eigenvalue weighted by molar-refractivity contribution is 0.881. The number of anilines is 2. The van der Waals surface area contributed by atoms with Gasteiger partial charge in [-0.2, -0.15) is 0 Å². The number of aromatic nitrogens is 2. The van der Waals surface area contributed by atoms with Gasteiger partial charge in [0.2, 0.25) is 0 Å². The molecule has 1 aliphatic rings. The van der Waals surface area contributed by atoms with Crippen molar-refractivity contribution in [1.82, 2.24) is 9.97 Å². The Balaban J connectivity index is 1.84. The number of benzene rings is 1. The molecule has 1 aromatic heterocycles. The van der Waals surface area contributed by atoms with Gasteiger partial charge in [0.15, 0.2) is 5.82 Å². The molecule has 0 aliphatic heterocycles. The molecule has 1 aromatic carbocycles. The molecule has 4 heteroatoms. The summed E-state index contributed by atoms with van der Waals surface area (Å²) >= 11 is 0. The summed E-state index contributed by atoms with van der Waals surface area (Å²) in [5.74, 6) is 3.40. The Morgan fingerprint density at radius 1 is 1.05 bits per heavy atom. The molecule has 1 fully saturated rings. The molecule has 0 saturated heterocycles. The minimum Gasteiger partial charge on any atom is -0.370 e. The number of hydrogen-bond acceptors (Lipinski definition) is 4. The van der Waals surface area contributed by atoms with E-state index in [0.29, 0.717) is 0 Å². The van der Waals surface area contributed by atoms with E-state index in [0.717, 1.165) is 48.5 Å². The molecule has 1 saturated carbocycles. The van der Waals surface area contributed by atoms with Gasteiger partial charge < -0.3 is 10.6 Å². The van der Waals surface area contributed by atoms with Gasteiger partial charge in [-0.1, -0.05) is 37.3 Å². The van der Waals surface area contributed by atoms with Crippen LogP contribution in [-0.4, -0.2) is 23.1 Å². The van der Waals surface area contributed by atoms with Crippen LogP contribution in [0.25, 0.3) is 11.4 Å². The second-order valence-electron chi connectivity index (χ2n) is 5.58. The quantitative estimate of drug-likeness (QED) is 0.811. The van der Waals surface area contributed by atoms with Crippen molar-refractivity contribution < 1.29 is 0 Å². The van der Waals surface area contributed by atoms with Gasteiger partial charge in [0.25, 0.3) is 0 Å². The zero-order chi connectivity index (χ0) is 14.5. The number of hydrogen-bond donors (Lipinski definition) is 2. The molecule has 110 valence electrons. The van der Waals surface area contributed by atoms with Crippen molar-refractivity contribution in [2.24, 2.45) is 5.92 Å². The molecule has 2 N–H and O–H groups in total. The predicted octanol–water partition coefficient (Wildman–Crippen LogP) is 3.79. The van der Waals surface area contributed by atoms with E-state index >= 15 is 0 Å². The zero-order valence-electron chi connectivity index (χ0n) is 12.5. The Morgan fingerprint density at radius 2 is 1.76 bits per heavy atom. The summed E-state index contributed by atoms with van der Waals surface area (Å²) in [5, 5.41) is 6.80. The second kappa shape index (κ2) is 6.57. The van der Waals surface area contributed by atoms with Gasteiger partial charge in [0.1, 0.15) is 11.6 Å². The minimum absolute atomic E-state index is 0.773. The molecule has 0 atom stereocenters. The average Bonchev–Trinajstić information content (AvgIpc) is 3.36. The Labute approximate surface area is 126 Å². The Morgan fingerprint density at radius 3 is 2.43 bits per heavy atom. The summed E-state index contributed by atoms with van der Waals surface area (Å²) in [4.78, 5) is 9.27. The molecule has 1 heterocycles. The molecule has 1 aliphatic carbocycles. The minimum atomic E-state index is 0.773. The maximum Gasteiger partial charge on any atom is 0.163 e. The summed E-state index contributed by atoms with van der Waals surface area (Å²) < 4.78 is 0. The predicted molar refractivity (Wildman–Crippen MR) is 87.5 cm³/mol. The molecular formula is C17H22N4. The lowest BCUT2D eigenvalue weighted by Gasteiger charge is -2.11. The summed E-state index contributed by atoms with van der Waals surface area (Å²) in [6, 6.07) is 12.1. The fraction of sp³-hybridized carbons (Fsp3) is 0.412. The van der Waals surface area contributed by atoms with E-state index in [9.17, 15) is 0 Å². The topological polar surface area (TPSA) is 49.8 Å². The lowest BCUT2D eigenvalue weighted by Crippen LogP contribution is -2.09. The van der Waals surface area contributed by atoms with E-state index < -0.39 is 0 Å². The molecule has 0 bridgehead atoms. The van der Waals surface area contributed by atoms with Gasteiger partial charge in [-0.25, -0.2) is 9.97 Å². The standard InChI is InChI=1S/C17H22N4/c1-2-10-18-15-11-16(19-12-13-8-9-13)21-17(20-15)14-6-4-3-5-7-14/h3-7,11,13H,2,8-10,12H2,1H3,(H2,18,19,20,21). The lowest BCUT2D eigenvalue weighted by atomic mass is 10.2. The number of nitrogens with one attached hydrogen (secondary N) is 2. The van der Waals surface area contributed by atoms with E-state index in [2.05, 4.69) is 27.5 Å². The summed E-state index contributed by atoms with van der Waals surface area (Å²) in [6.45, 7) is 4.09. The summed E-state index contributed by atoms with van der Waals surface area (Å²) in [5.41, 5.74) is 1.05. The van der Waals surface area contributed by atoms with Crippen molar-refractivity contribution >= 4 is 11.6 Å². The maximum atomic E-state index is 4.65. The fourth-order valence-corrected chi connectivity index (χ4v) is 2.17. The highest BCUT2D eigenvalue weighted by Crippen LogP contribution is 2.29. The molecule has 2 aromatic rings. The summed E-state index contributed by atoms with van der Waals surface area (Å²) in [7, 11) is 0. The highest BCUT2D eigenvalue weighted by atomic mass is 15.1. The third-order valence-corrected chi connectivity index (χ3v) is 3.58. The van der Waals surface area contributed by atoms with Crippen LogP contribution in [-0.2, 0) is 0 Å². The van der Waals surface area contributed by atoms with Crippen LogP contribution in [0.4, 0.5) is 11.6 Å². The third-order valence-electron chi connectivity index (χ3n) is 3.58. The van der Waals surface area contributed by atoms with Crippen molar-refractivity contribution in [3.05, 3.63) is 36.4 Å². The maximum absolute atomic E-state index is 4.65. The van der Waals surface area contributed by atoms with Crippen molar-refractivity contribution in [3.8, 4) is 11.4 Å². The van der Waals surface area contributed by atoms with E-state index in [1.165, 1.54) is 12.8 Å². The first kappa shape index (κ1) is 13.9. The van der Waals surface area contributed by atoms with Gasteiger partial charge >= 0.3 is 0 Å². The van der Waals surface area contributed by atoms with Crippen molar-refractivity contribution in [2.75, 3.05) is 23.7 Å². The molecular weight excluding hydrogens is 260 g/mol. The molecule has 4 nitrogen and oxygen atoms in total. The fourth-order valence-electron chi connectivity index (χ4n) is 2.17. The van der Waals surface area contributed by atoms with Gasteiger partial charge in [-0.3, -0.25) is 0 Å². The van der Waals surface area contributed by atoms with Crippen molar-refractivity contribution in [1.29, 1.82) is 0 Å². The number of nitrogens with zero attached hydrogens (tertiary/aromatic N) is 2. The molecule has 3 rings (SSSR count). The van der Waals surface area contributed by atoms with Crippen LogP contribution < -0.4 is 10.6 Å². The summed E-state index contributed by atoms with van der Waals surface area (Å²) in [6.07, 6.45) is 3.75. The van der Waals surface area contributed by atoms with E-state index in [1.807, 2.05) is 36.4 Å². The average molecular weight is 282 g/mol. The SMILES string of the molecule is CCCNc1cc(NCC2CC2)nc(-c2ccccc2)n1. The van der Waals surface area contributed by atoms with Gasteiger partial charge in [-0.15, -0.1) is 0 Å². The van der Waals surface area contributed by atoms with Crippen molar-refractivity contribution in [2.45, 2.75) is 26.2 Å². The van der Waals surface area contributed by atoms with E-state index in [-0.39, 0.29) is 0 Å². The Hall–Kier alpha value is -2.10. The highest BCUT2D eigenvalue weighted by Gasteiger charge is 2.21. The first-order chi connectivity index (χ1) is 10.3. The largest absolute Gasteiger partial charge is 0.370 e. The van der Waals surface area contributed by atoms with Crippen LogP contribution in [0.5, 0.6) is 0 Å². The van der Waals surface area contributed by atoms with Crippen LogP contribution in [0.3, 0.4) is 0 Å². The third kappa shape index (κ3) is 3.94. The van der Waals surface area contributed by atoms with Crippen LogP contribution in [0.2, 0.25) is 0 Å².